The van der Waals surface area contributed by atoms with E-state index in [4.69, 9.17) is 11.6 Å². The van der Waals surface area contributed by atoms with Gasteiger partial charge in [0.25, 0.3) is 5.91 Å². The van der Waals surface area contributed by atoms with E-state index < -0.39 is 5.91 Å². The first-order valence-corrected chi connectivity index (χ1v) is 10.5. The first kappa shape index (κ1) is 21.5. The minimum atomic E-state index is -0.453. The molecule has 4 rings (SSSR count). The van der Waals surface area contributed by atoms with E-state index in [1.54, 1.807) is 30.5 Å². The number of hydrogen-bond donors (Lipinski definition) is 3. The Morgan fingerprint density at radius 3 is 2.69 bits per heavy atom. The number of carbonyl (C=O) groups excluding carboxylic acids is 2. The molecule has 0 aliphatic carbocycles. The summed E-state index contributed by atoms with van der Waals surface area (Å²) in [5.74, 6) is -1.11. The zero-order valence-corrected chi connectivity index (χ0v) is 17.7. The van der Waals surface area contributed by atoms with Crippen molar-refractivity contribution in [1.82, 2.24) is 20.8 Å². The Morgan fingerprint density at radius 2 is 1.91 bits per heavy atom. The molecule has 6 nitrogen and oxygen atoms in total. The van der Waals surface area contributed by atoms with Crippen molar-refractivity contribution < 1.29 is 14.0 Å². The zero-order chi connectivity index (χ0) is 22.5. The molecule has 0 spiro atoms. The molecule has 0 radical (unpaired) electrons. The largest absolute Gasteiger partial charge is 0.353 e. The lowest BCUT2D eigenvalue weighted by Gasteiger charge is -2.08. The second-order valence-electron chi connectivity index (χ2n) is 7.25. The summed E-state index contributed by atoms with van der Waals surface area (Å²) in [6.45, 7) is 0. The number of aromatic amines is 1. The Balaban J connectivity index is 1.41. The Kier molecular flexibility index (Phi) is 6.47. The predicted molar refractivity (Wildman–Crippen MR) is 121 cm³/mol. The van der Waals surface area contributed by atoms with E-state index in [0.29, 0.717) is 23.4 Å². The summed E-state index contributed by atoms with van der Waals surface area (Å²) in [6, 6.07) is 16.6. The minimum Gasteiger partial charge on any atom is -0.353 e. The molecule has 8 heteroatoms. The van der Waals surface area contributed by atoms with Gasteiger partial charge in [0.05, 0.1) is 11.4 Å². The van der Waals surface area contributed by atoms with Crippen LogP contribution in [0.15, 0.2) is 66.9 Å². The molecule has 4 aromatic rings. The monoisotopic (exact) mass is 450 g/mol. The number of nitrogens with one attached hydrogen (secondary N) is 3. The summed E-state index contributed by atoms with van der Waals surface area (Å²) in [4.78, 5) is 32.0. The number of hydrazine groups is 1. The molecule has 32 heavy (non-hydrogen) atoms. The zero-order valence-electron chi connectivity index (χ0n) is 17.0. The van der Waals surface area contributed by atoms with Crippen LogP contribution in [0, 0.1) is 5.82 Å². The summed E-state index contributed by atoms with van der Waals surface area (Å²) in [5, 5.41) is 1.20. The van der Waals surface area contributed by atoms with E-state index in [-0.39, 0.29) is 18.1 Å². The number of rotatable bonds is 6. The Bertz CT molecular complexity index is 1270. The summed E-state index contributed by atoms with van der Waals surface area (Å²) in [5.41, 5.74) is 8.40. The van der Waals surface area contributed by atoms with Gasteiger partial charge in [-0.3, -0.25) is 25.4 Å². The van der Waals surface area contributed by atoms with Gasteiger partial charge in [0.1, 0.15) is 5.82 Å². The van der Waals surface area contributed by atoms with Gasteiger partial charge in [-0.05, 0) is 66.9 Å². The molecular weight excluding hydrogens is 431 g/mol. The van der Waals surface area contributed by atoms with Gasteiger partial charge in [0, 0.05) is 34.1 Å². The van der Waals surface area contributed by atoms with Gasteiger partial charge in [0.2, 0.25) is 5.91 Å². The third kappa shape index (κ3) is 4.95. The smallest absolute Gasteiger partial charge is 0.269 e. The molecule has 0 fully saturated rings. The molecular formula is C24H20ClFN4O2. The maximum atomic E-state index is 13.9. The molecule has 2 heterocycles. The van der Waals surface area contributed by atoms with Gasteiger partial charge in [-0.15, -0.1) is 0 Å². The Morgan fingerprint density at radius 1 is 1.03 bits per heavy atom. The number of fused-ring (bicyclic) bond motifs is 1. The SMILES string of the molecule is O=C(CCCc1c(-c2ccccn2)[nH]c2ccc(F)cc12)NNC(=O)c1cccc(Cl)c1. The topological polar surface area (TPSA) is 86.9 Å². The average molecular weight is 451 g/mol. The number of benzene rings is 2. The van der Waals surface area contributed by atoms with Gasteiger partial charge in [-0.25, -0.2) is 4.39 Å². The lowest BCUT2D eigenvalue weighted by molar-refractivity contribution is -0.121. The van der Waals surface area contributed by atoms with Crippen molar-refractivity contribution >= 4 is 34.3 Å². The van der Waals surface area contributed by atoms with Crippen LogP contribution >= 0.6 is 11.6 Å². The fraction of sp³-hybridized carbons (Fsp3) is 0.125. The lowest BCUT2D eigenvalue weighted by Crippen LogP contribution is -2.41. The number of H-pyrrole nitrogens is 1. The molecule has 2 amide bonds. The number of hydrogen-bond acceptors (Lipinski definition) is 3. The summed E-state index contributed by atoms with van der Waals surface area (Å²) in [7, 11) is 0. The van der Waals surface area contributed by atoms with Gasteiger partial charge in [0.15, 0.2) is 0 Å². The second-order valence-corrected chi connectivity index (χ2v) is 7.69. The van der Waals surface area contributed by atoms with Crippen LogP contribution in [0.5, 0.6) is 0 Å². The van der Waals surface area contributed by atoms with E-state index >= 15 is 0 Å². The van der Waals surface area contributed by atoms with Crippen LogP contribution < -0.4 is 10.9 Å². The first-order chi connectivity index (χ1) is 15.5. The van der Waals surface area contributed by atoms with E-state index in [9.17, 15) is 14.0 Å². The summed E-state index contributed by atoms with van der Waals surface area (Å²) >= 11 is 5.88. The third-order valence-electron chi connectivity index (χ3n) is 5.02. The Labute approximate surface area is 188 Å². The van der Waals surface area contributed by atoms with E-state index in [0.717, 1.165) is 27.9 Å². The van der Waals surface area contributed by atoms with Crippen molar-refractivity contribution in [2.75, 3.05) is 0 Å². The number of aryl methyl sites for hydroxylation is 1. The third-order valence-corrected chi connectivity index (χ3v) is 5.26. The van der Waals surface area contributed by atoms with Crippen LogP contribution in [-0.2, 0) is 11.2 Å². The lowest BCUT2D eigenvalue weighted by atomic mass is 10.0. The highest BCUT2D eigenvalue weighted by molar-refractivity contribution is 6.30. The highest BCUT2D eigenvalue weighted by atomic mass is 35.5. The first-order valence-electron chi connectivity index (χ1n) is 10.1. The number of halogens is 2. The van der Waals surface area contributed by atoms with Crippen molar-refractivity contribution in [3.05, 3.63) is 88.8 Å². The molecule has 0 unspecified atom stereocenters. The number of pyridine rings is 1. The molecule has 2 aromatic carbocycles. The normalized spacial score (nSPS) is 10.8. The summed E-state index contributed by atoms with van der Waals surface area (Å²) < 4.78 is 13.9. The fourth-order valence-electron chi connectivity index (χ4n) is 3.53. The van der Waals surface area contributed by atoms with Crippen LogP contribution in [-0.4, -0.2) is 21.8 Å². The quantitative estimate of drug-likeness (QED) is 0.368. The molecule has 0 saturated heterocycles. The standard InChI is InChI=1S/C24H20ClFN4O2/c25-16-6-3-5-15(13-16)24(32)30-29-22(31)9-4-7-18-19-14-17(26)10-11-20(19)28-23(18)21-8-1-2-12-27-21/h1-3,5-6,8,10-14,28H,4,7,9H2,(H,29,31)(H,30,32). The summed E-state index contributed by atoms with van der Waals surface area (Å²) in [6.07, 6.45) is 2.91. The van der Waals surface area contributed by atoms with Crippen molar-refractivity contribution in [1.29, 1.82) is 0 Å². The predicted octanol–water partition coefficient (Wildman–Crippen LogP) is 4.81. The van der Waals surface area contributed by atoms with E-state index in [2.05, 4.69) is 20.8 Å². The molecule has 0 aliphatic heterocycles. The van der Waals surface area contributed by atoms with E-state index in [1.165, 1.54) is 18.2 Å². The van der Waals surface area contributed by atoms with E-state index in [1.807, 2.05) is 18.2 Å². The van der Waals surface area contributed by atoms with Gasteiger partial charge in [-0.1, -0.05) is 23.7 Å². The Hall–Kier alpha value is -3.71. The van der Waals surface area contributed by atoms with Crippen LogP contribution in [0.2, 0.25) is 5.02 Å². The number of aromatic nitrogens is 2. The number of nitrogens with zero attached hydrogens (tertiary/aromatic N) is 1. The minimum absolute atomic E-state index is 0.180. The van der Waals surface area contributed by atoms with Crippen LogP contribution in [0.4, 0.5) is 4.39 Å². The second kappa shape index (κ2) is 9.62. The fourth-order valence-corrected chi connectivity index (χ4v) is 3.72. The average Bonchev–Trinajstić information content (AvgIpc) is 3.15. The molecule has 0 saturated carbocycles. The molecule has 162 valence electrons. The molecule has 0 aliphatic rings. The van der Waals surface area contributed by atoms with Gasteiger partial charge in [-0.2, -0.15) is 0 Å². The molecule has 2 aromatic heterocycles. The number of carbonyl (C=O) groups is 2. The highest BCUT2D eigenvalue weighted by Crippen LogP contribution is 2.31. The highest BCUT2D eigenvalue weighted by Gasteiger charge is 2.15. The van der Waals surface area contributed by atoms with Crippen molar-refractivity contribution in [2.45, 2.75) is 19.3 Å². The molecule has 0 atom stereocenters. The van der Waals surface area contributed by atoms with Crippen molar-refractivity contribution in [3.63, 3.8) is 0 Å². The van der Waals surface area contributed by atoms with Crippen molar-refractivity contribution in [3.8, 4) is 11.4 Å². The molecule has 3 N–H and O–H groups in total. The van der Waals surface area contributed by atoms with Crippen molar-refractivity contribution in [2.24, 2.45) is 0 Å². The maximum absolute atomic E-state index is 13.9. The number of amides is 2. The van der Waals surface area contributed by atoms with Crippen LogP contribution in [0.25, 0.3) is 22.3 Å². The van der Waals surface area contributed by atoms with Crippen LogP contribution in [0.1, 0.15) is 28.8 Å². The maximum Gasteiger partial charge on any atom is 0.269 e. The van der Waals surface area contributed by atoms with Gasteiger partial charge >= 0.3 is 0 Å². The van der Waals surface area contributed by atoms with Gasteiger partial charge < -0.3 is 4.98 Å². The van der Waals surface area contributed by atoms with Crippen LogP contribution in [0.3, 0.4) is 0 Å². The molecule has 0 bridgehead atoms.